The summed E-state index contributed by atoms with van der Waals surface area (Å²) in [5, 5.41) is 0.550. The topological polar surface area (TPSA) is 89.7 Å². The second-order valence-corrected chi connectivity index (χ2v) is 13.0. The van der Waals surface area contributed by atoms with E-state index in [4.69, 9.17) is 9.15 Å². The molecule has 2 heterocycles. The summed E-state index contributed by atoms with van der Waals surface area (Å²) in [4.78, 5) is 16.3. The molecule has 0 bridgehead atoms. The summed E-state index contributed by atoms with van der Waals surface area (Å²) >= 11 is 0. The van der Waals surface area contributed by atoms with Crippen molar-refractivity contribution in [2.75, 3.05) is 7.11 Å². The van der Waals surface area contributed by atoms with E-state index < -0.39 is 33.9 Å². The number of fused-ring (bicyclic) bond motifs is 1. The van der Waals surface area contributed by atoms with Crippen LogP contribution >= 0.6 is 0 Å². The smallest absolute Gasteiger partial charge is 0.449 e. The number of rotatable bonds is 10. The fourth-order valence-electron chi connectivity index (χ4n) is 4.95. The Bertz CT molecular complexity index is 1970. The van der Waals surface area contributed by atoms with Crippen LogP contribution in [-0.2, 0) is 39.5 Å². The molecule has 45 heavy (non-hydrogen) atoms. The fourth-order valence-corrected chi connectivity index (χ4v) is 6.65. The third-order valence-electron chi connectivity index (χ3n) is 7.89. The molecule has 0 amide bonds. The summed E-state index contributed by atoms with van der Waals surface area (Å²) in [6, 6.07) is 23.3. The van der Waals surface area contributed by atoms with Crippen molar-refractivity contribution in [3.05, 3.63) is 114 Å². The Balaban J connectivity index is 1.54. The highest BCUT2D eigenvalue weighted by Gasteiger charge is 2.36. The van der Waals surface area contributed by atoms with Gasteiger partial charge in [0.05, 0.1) is 19.2 Å². The van der Waals surface area contributed by atoms with Gasteiger partial charge in [-0.25, -0.2) is 8.42 Å². The highest BCUT2D eigenvalue weighted by Crippen LogP contribution is 2.36. The number of hydrogen-bond donors (Lipinski definition) is 0. The largest absolute Gasteiger partial charge is 0.495 e. The van der Waals surface area contributed by atoms with E-state index >= 15 is 0 Å². The first-order valence-corrected chi connectivity index (χ1v) is 15.4. The van der Waals surface area contributed by atoms with Crippen molar-refractivity contribution in [3.63, 3.8) is 0 Å². The Morgan fingerprint density at radius 2 is 1.64 bits per heavy atom. The maximum atomic E-state index is 14.3. The normalized spacial score (nSPS) is 12.5. The van der Waals surface area contributed by atoms with Crippen LogP contribution in [0.3, 0.4) is 0 Å². The first-order valence-electron chi connectivity index (χ1n) is 14.0. The van der Waals surface area contributed by atoms with E-state index in [1.165, 1.54) is 19.4 Å². The van der Waals surface area contributed by atoms with Crippen LogP contribution in [-0.4, -0.2) is 30.6 Å². The minimum Gasteiger partial charge on any atom is -0.495 e. The van der Waals surface area contributed by atoms with Crippen molar-refractivity contribution < 1.29 is 35.5 Å². The van der Waals surface area contributed by atoms with E-state index in [0.717, 1.165) is 33.1 Å². The zero-order valence-corrected chi connectivity index (χ0v) is 25.9. The number of Topliss-reactive ketones (excluding diaryl/α,β-unsaturated/α-hetero) is 1. The summed E-state index contributed by atoms with van der Waals surface area (Å²) in [6.07, 6.45) is -3.27. The molecule has 0 aliphatic rings. The van der Waals surface area contributed by atoms with Crippen molar-refractivity contribution in [1.29, 1.82) is 0 Å². The van der Waals surface area contributed by atoms with Gasteiger partial charge < -0.3 is 9.15 Å². The van der Waals surface area contributed by atoms with Crippen molar-refractivity contribution >= 4 is 26.7 Å². The minimum absolute atomic E-state index is 0.0354. The molecule has 2 aromatic heterocycles. The molecular formula is C34H31F3N2O5S. The zero-order valence-electron chi connectivity index (χ0n) is 25.1. The number of pyridine rings is 1. The number of halogens is 3. The highest BCUT2D eigenvalue weighted by atomic mass is 32.2. The standard InChI is InChI=1S/C34H31F3N2O5S/c1-22(40)33(2,3)27-9-5-7-26(19-27)24-12-10-23(11-13-24)20-39(21-28-15-17-30(44-28)34(35,36)37)45(41,42)32-29(43-4)16-14-25-8-6-18-38-31(25)32/h5-19H,20-21H2,1-4H3. The van der Waals surface area contributed by atoms with Crippen LogP contribution < -0.4 is 4.74 Å². The number of carbonyl (C=O) groups excluding carboxylic acids is 1. The molecule has 3 aromatic carbocycles. The monoisotopic (exact) mass is 636 g/mol. The minimum atomic E-state index is -4.72. The van der Waals surface area contributed by atoms with Gasteiger partial charge in [0, 0.05) is 23.5 Å². The predicted octanol–water partition coefficient (Wildman–Crippen LogP) is 7.78. The summed E-state index contributed by atoms with van der Waals surface area (Å²) in [5.74, 6) is -1.32. The van der Waals surface area contributed by atoms with E-state index in [1.54, 1.807) is 37.3 Å². The first kappa shape index (κ1) is 31.9. The summed E-state index contributed by atoms with van der Waals surface area (Å²) in [5.41, 5.74) is 2.66. The van der Waals surface area contributed by atoms with E-state index in [-0.39, 0.29) is 34.2 Å². The van der Waals surface area contributed by atoms with E-state index in [0.29, 0.717) is 10.9 Å². The van der Waals surface area contributed by atoms with Crippen LogP contribution in [0.2, 0.25) is 0 Å². The third-order valence-corrected chi connectivity index (χ3v) is 9.74. The number of furan rings is 1. The van der Waals surface area contributed by atoms with Gasteiger partial charge in [-0.15, -0.1) is 0 Å². The van der Waals surface area contributed by atoms with Crippen LogP contribution in [0.1, 0.15) is 43.4 Å². The zero-order chi connectivity index (χ0) is 32.6. The molecular weight excluding hydrogens is 605 g/mol. The predicted molar refractivity (Wildman–Crippen MR) is 164 cm³/mol. The fraction of sp³-hybridized carbons (Fsp3) is 0.235. The highest BCUT2D eigenvalue weighted by molar-refractivity contribution is 7.89. The number of ketones is 1. The molecule has 0 N–H and O–H groups in total. The molecule has 0 spiro atoms. The molecule has 0 unspecified atom stereocenters. The molecule has 7 nitrogen and oxygen atoms in total. The molecule has 0 atom stereocenters. The Kier molecular flexibility index (Phi) is 8.61. The summed E-state index contributed by atoms with van der Waals surface area (Å²) in [7, 11) is -3.08. The van der Waals surface area contributed by atoms with Gasteiger partial charge in [0.15, 0.2) is 4.90 Å². The first-order chi connectivity index (χ1) is 21.2. The summed E-state index contributed by atoms with van der Waals surface area (Å²) < 4.78 is 80.0. The van der Waals surface area contributed by atoms with Gasteiger partial charge >= 0.3 is 6.18 Å². The Morgan fingerprint density at radius 3 is 2.29 bits per heavy atom. The molecule has 0 aliphatic heterocycles. The molecule has 0 saturated heterocycles. The van der Waals surface area contributed by atoms with Crippen molar-refractivity contribution in [2.24, 2.45) is 0 Å². The lowest BCUT2D eigenvalue weighted by atomic mass is 9.80. The lowest BCUT2D eigenvalue weighted by Crippen LogP contribution is -2.30. The maximum Gasteiger partial charge on any atom is 0.449 e. The molecule has 234 valence electrons. The van der Waals surface area contributed by atoms with Gasteiger partial charge in [-0.1, -0.05) is 54.6 Å². The van der Waals surface area contributed by atoms with Gasteiger partial charge in [-0.05, 0) is 73.4 Å². The van der Waals surface area contributed by atoms with Crippen LogP contribution in [0, 0.1) is 0 Å². The van der Waals surface area contributed by atoms with E-state index in [2.05, 4.69) is 4.98 Å². The SMILES string of the molecule is COc1ccc2cccnc2c1S(=O)(=O)N(Cc1ccc(-c2cccc(C(C)(C)C(C)=O)c2)cc1)Cc1ccc(C(F)(F)F)o1. The third kappa shape index (κ3) is 6.50. The molecule has 5 aromatic rings. The number of benzene rings is 3. The number of alkyl halides is 3. The average Bonchev–Trinajstić information content (AvgIpc) is 3.50. The van der Waals surface area contributed by atoms with Crippen LogP contribution in [0.15, 0.2) is 100 Å². The van der Waals surface area contributed by atoms with Gasteiger partial charge in [0.25, 0.3) is 0 Å². The average molecular weight is 637 g/mol. The van der Waals surface area contributed by atoms with Crippen LogP contribution in [0.5, 0.6) is 5.75 Å². The number of carbonyl (C=O) groups is 1. The van der Waals surface area contributed by atoms with Gasteiger partial charge in [-0.2, -0.15) is 17.5 Å². The van der Waals surface area contributed by atoms with Gasteiger partial charge in [0.1, 0.15) is 17.3 Å². The maximum absolute atomic E-state index is 14.3. The Hall–Kier alpha value is -4.48. The summed E-state index contributed by atoms with van der Waals surface area (Å²) in [6.45, 7) is 4.62. The Labute approximate surface area is 259 Å². The van der Waals surface area contributed by atoms with E-state index in [9.17, 15) is 26.4 Å². The van der Waals surface area contributed by atoms with Crippen molar-refractivity contribution in [2.45, 2.75) is 50.3 Å². The number of hydrogen-bond acceptors (Lipinski definition) is 6. The second-order valence-electron chi connectivity index (χ2n) is 11.2. The van der Waals surface area contributed by atoms with Gasteiger partial charge in [0.2, 0.25) is 15.8 Å². The number of sulfonamides is 1. The number of nitrogens with zero attached hydrogens (tertiary/aromatic N) is 2. The van der Waals surface area contributed by atoms with Crippen molar-refractivity contribution in [3.8, 4) is 16.9 Å². The molecule has 0 radical (unpaired) electrons. The molecule has 0 saturated carbocycles. The number of ether oxygens (including phenoxy) is 1. The molecule has 0 aliphatic carbocycles. The molecule has 0 fully saturated rings. The van der Waals surface area contributed by atoms with Crippen molar-refractivity contribution in [1.82, 2.24) is 9.29 Å². The molecule has 11 heteroatoms. The van der Waals surface area contributed by atoms with Gasteiger partial charge in [-0.3, -0.25) is 9.78 Å². The Morgan fingerprint density at radius 1 is 0.911 bits per heavy atom. The number of methoxy groups -OCH3 is 1. The molecule has 5 rings (SSSR count). The number of aromatic nitrogens is 1. The van der Waals surface area contributed by atoms with Crippen LogP contribution in [0.4, 0.5) is 13.2 Å². The van der Waals surface area contributed by atoms with Crippen LogP contribution in [0.25, 0.3) is 22.0 Å². The lowest BCUT2D eigenvalue weighted by molar-refractivity contribution is -0.153. The quantitative estimate of drug-likeness (QED) is 0.156. The second kappa shape index (κ2) is 12.1. The van der Waals surface area contributed by atoms with E-state index in [1.807, 2.05) is 50.2 Å². The lowest BCUT2D eigenvalue weighted by Gasteiger charge is -2.24.